The number of sulfonamides is 2. The molecule has 9 nitrogen and oxygen atoms in total. The average Bonchev–Trinajstić information content (AvgIpc) is 3.00. The predicted octanol–water partition coefficient (Wildman–Crippen LogP) is 1.52. The van der Waals surface area contributed by atoms with Gasteiger partial charge >= 0.3 is 0 Å². The van der Waals surface area contributed by atoms with Crippen LogP contribution in [0.3, 0.4) is 0 Å². The van der Waals surface area contributed by atoms with E-state index in [2.05, 4.69) is 4.90 Å². The number of amides is 1. The summed E-state index contributed by atoms with van der Waals surface area (Å²) >= 11 is 0. The summed E-state index contributed by atoms with van der Waals surface area (Å²) in [6, 6.07) is 13.1. The third kappa shape index (κ3) is 4.07. The molecule has 0 saturated carbocycles. The summed E-state index contributed by atoms with van der Waals surface area (Å²) < 4.78 is 58.0. The van der Waals surface area contributed by atoms with Crippen LogP contribution in [-0.4, -0.2) is 66.1 Å². The van der Waals surface area contributed by atoms with E-state index in [0.717, 1.165) is 15.7 Å². The van der Waals surface area contributed by atoms with Crippen molar-refractivity contribution in [3.63, 3.8) is 0 Å². The van der Waals surface area contributed by atoms with Crippen molar-refractivity contribution < 1.29 is 26.4 Å². The van der Waals surface area contributed by atoms with Crippen LogP contribution in [0.2, 0.25) is 0 Å². The first-order valence-electron chi connectivity index (χ1n) is 10.2. The Morgan fingerprint density at radius 3 is 1.97 bits per heavy atom. The Labute approximate surface area is 188 Å². The highest BCUT2D eigenvalue weighted by molar-refractivity contribution is 7.94. The number of benzene rings is 2. The van der Waals surface area contributed by atoms with E-state index in [0.29, 0.717) is 26.2 Å². The maximum absolute atomic E-state index is 13.1. The summed E-state index contributed by atoms with van der Waals surface area (Å²) in [5.41, 5.74) is 1.15. The van der Waals surface area contributed by atoms with Gasteiger partial charge in [0.05, 0.1) is 29.4 Å². The van der Waals surface area contributed by atoms with Gasteiger partial charge < -0.3 is 9.64 Å². The van der Waals surface area contributed by atoms with Crippen molar-refractivity contribution in [2.75, 3.05) is 48.2 Å². The number of ether oxygens (including phenoxy) is 1. The normalized spacial score (nSPS) is 21.7. The van der Waals surface area contributed by atoms with Gasteiger partial charge in [-0.15, -0.1) is 0 Å². The van der Waals surface area contributed by atoms with Gasteiger partial charge in [-0.05, 0) is 48.5 Å². The van der Waals surface area contributed by atoms with Crippen LogP contribution in [0.1, 0.15) is 6.92 Å². The first-order chi connectivity index (χ1) is 15.1. The van der Waals surface area contributed by atoms with Crippen LogP contribution in [0.15, 0.2) is 53.4 Å². The van der Waals surface area contributed by atoms with Crippen molar-refractivity contribution in [1.82, 2.24) is 4.31 Å². The molecule has 0 aromatic heterocycles. The van der Waals surface area contributed by atoms with Crippen LogP contribution in [0, 0.1) is 5.92 Å². The van der Waals surface area contributed by atoms with Gasteiger partial charge in [0.25, 0.3) is 0 Å². The molecule has 4 rings (SSSR count). The maximum atomic E-state index is 13.1. The summed E-state index contributed by atoms with van der Waals surface area (Å²) in [5, 5.41) is 0. The molecular formula is C21H25N3O6S2. The lowest BCUT2D eigenvalue weighted by Crippen LogP contribution is -2.48. The van der Waals surface area contributed by atoms with Gasteiger partial charge in [-0.2, -0.15) is 4.31 Å². The third-order valence-corrected chi connectivity index (χ3v) is 9.53. The van der Waals surface area contributed by atoms with Crippen molar-refractivity contribution in [1.29, 1.82) is 0 Å². The van der Waals surface area contributed by atoms with E-state index in [-0.39, 0.29) is 16.3 Å². The Kier molecular flexibility index (Phi) is 5.91. The highest BCUT2D eigenvalue weighted by atomic mass is 32.2. The van der Waals surface area contributed by atoms with E-state index < -0.39 is 31.9 Å². The molecule has 0 spiro atoms. The van der Waals surface area contributed by atoms with Gasteiger partial charge in [0.15, 0.2) is 0 Å². The van der Waals surface area contributed by atoms with Gasteiger partial charge in [0, 0.05) is 31.9 Å². The minimum atomic E-state index is -3.74. The molecule has 2 fully saturated rings. The highest BCUT2D eigenvalue weighted by Gasteiger charge is 2.42. The van der Waals surface area contributed by atoms with Crippen molar-refractivity contribution in [2.24, 2.45) is 5.92 Å². The molecule has 2 aliphatic heterocycles. The number of carbonyl (C=O) groups is 1. The molecule has 32 heavy (non-hydrogen) atoms. The number of nitrogens with zero attached hydrogens (tertiary/aromatic N) is 3. The number of methoxy groups -OCH3 is 1. The molecule has 2 aliphatic rings. The summed E-state index contributed by atoms with van der Waals surface area (Å²) in [5.74, 6) is -0.610. The Morgan fingerprint density at radius 2 is 1.47 bits per heavy atom. The van der Waals surface area contributed by atoms with Gasteiger partial charge in [-0.3, -0.25) is 4.79 Å². The quantitative estimate of drug-likeness (QED) is 0.640. The summed E-state index contributed by atoms with van der Waals surface area (Å²) in [6.45, 7) is 3.30. The van der Waals surface area contributed by atoms with Crippen molar-refractivity contribution in [3.05, 3.63) is 48.5 Å². The van der Waals surface area contributed by atoms with Crippen LogP contribution in [0.25, 0.3) is 0 Å². The molecule has 0 aliphatic carbocycles. The smallest absolute Gasteiger partial charge is 0.244 e. The highest BCUT2D eigenvalue weighted by Crippen LogP contribution is 2.30. The minimum Gasteiger partial charge on any atom is -0.497 e. The average molecular weight is 480 g/mol. The molecule has 0 unspecified atom stereocenters. The topological polar surface area (TPSA) is 104 Å². The Balaban J connectivity index is 1.46. The SMILES string of the molecule is COc1ccc(N2CCN(S(=O)(=O)c3ccc(N4C(=O)[C@H](C)CS4(=O)=O)cc3)CC2)cc1. The molecule has 172 valence electrons. The zero-order valence-electron chi connectivity index (χ0n) is 17.8. The van der Waals surface area contributed by atoms with E-state index in [1.165, 1.54) is 28.6 Å². The number of piperazine rings is 1. The molecule has 0 bridgehead atoms. The van der Waals surface area contributed by atoms with Gasteiger partial charge in [-0.25, -0.2) is 21.1 Å². The number of carbonyl (C=O) groups excluding carboxylic acids is 1. The van der Waals surface area contributed by atoms with Crippen molar-refractivity contribution >= 4 is 37.3 Å². The van der Waals surface area contributed by atoms with E-state index in [9.17, 15) is 21.6 Å². The Hall–Kier alpha value is -2.63. The molecule has 2 aromatic carbocycles. The summed E-state index contributed by atoms with van der Waals surface area (Å²) in [6.07, 6.45) is 0. The van der Waals surface area contributed by atoms with Crippen molar-refractivity contribution in [3.8, 4) is 5.75 Å². The molecule has 0 radical (unpaired) electrons. The monoisotopic (exact) mass is 479 g/mol. The lowest BCUT2D eigenvalue weighted by atomic mass is 10.2. The minimum absolute atomic E-state index is 0.0660. The molecule has 2 heterocycles. The lowest BCUT2D eigenvalue weighted by molar-refractivity contribution is -0.119. The van der Waals surface area contributed by atoms with Gasteiger partial charge in [0.1, 0.15) is 5.75 Å². The molecule has 11 heteroatoms. The molecular weight excluding hydrogens is 454 g/mol. The molecule has 0 N–H and O–H groups in total. The molecule has 1 amide bonds. The lowest BCUT2D eigenvalue weighted by Gasteiger charge is -2.35. The van der Waals surface area contributed by atoms with E-state index in [1.54, 1.807) is 14.0 Å². The van der Waals surface area contributed by atoms with Gasteiger partial charge in [-0.1, -0.05) is 6.92 Å². The molecule has 2 saturated heterocycles. The van der Waals surface area contributed by atoms with Crippen LogP contribution in [0.5, 0.6) is 5.75 Å². The number of rotatable bonds is 5. The molecule has 2 aromatic rings. The first kappa shape index (κ1) is 22.6. The van der Waals surface area contributed by atoms with Gasteiger partial charge in [0.2, 0.25) is 26.0 Å². The number of anilines is 2. The standard InChI is InChI=1S/C21H25N3O6S2/c1-16-15-31(26,27)24(21(16)25)18-5-9-20(10-6-18)32(28,29)23-13-11-22(12-14-23)17-3-7-19(30-2)8-4-17/h3-10,16H,11-15H2,1-2H3/t16-/m1/s1. The van der Waals surface area contributed by atoms with E-state index in [1.807, 2.05) is 24.3 Å². The predicted molar refractivity (Wildman–Crippen MR) is 121 cm³/mol. The summed E-state index contributed by atoms with van der Waals surface area (Å²) in [4.78, 5) is 14.4. The third-order valence-electron chi connectivity index (χ3n) is 5.75. The Morgan fingerprint density at radius 1 is 0.906 bits per heavy atom. The summed E-state index contributed by atoms with van der Waals surface area (Å²) in [7, 11) is -5.87. The van der Waals surface area contributed by atoms with E-state index in [4.69, 9.17) is 4.74 Å². The molecule has 1 atom stereocenters. The number of hydrogen-bond acceptors (Lipinski definition) is 7. The van der Waals surface area contributed by atoms with Crippen LogP contribution in [0.4, 0.5) is 11.4 Å². The Bertz CT molecular complexity index is 1200. The van der Waals surface area contributed by atoms with Crippen LogP contribution >= 0.6 is 0 Å². The second-order valence-corrected chi connectivity index (χ2v) is 11.7. The van der Waals surface area contributed by atoms with Crippen LogP contribution in [-0.2, 0) is 24.8 Å². The zero-order valence-corrected chi connectivity index (χ0v) is 19.5. The second kappa shape index (κ2) is 8.38. The number of hydrogen-bond donors (Lipinski definition) is 0. The fourth-order valence-corrected chi connectivity index (χ4v) is 7.21. The zero-order chi connectivity index (χ0) is 23.1. The first-order valence-corrected chi connectivity index (χ1v) is 13.2. The van der Waals surface area contributed by atoms with E-state index >= 15 is 0 Å². The maximum Gasteiger partial charge on any atom is 0.244 e. The fourth-order valence-electron chi connectivity index (χ4n) is 3.97. The van der Waals surface area contributed by atoms with Crippen molar-refractivity contribution in [2.45, 2.75) is 11.8 Å². The largest absolute Gasteiger partial charge is 0.497 e. The van der Waals surface area contributed by atoms with Crippen LogP contribution < -0.4 is 13.9 Å². The fraction of sp³-hybridized carbons (Fsp3) is 0.381. The second-order valence-electron chi connectivity index (χ2n) is 7.87.